The smallest absolute Gasteiger partial charge is 0.326 e. The molecule has 0 radical (unpaired) electrons. The fourth-order valence-electron chi connectivity index (χ4n) is 4.40. The van der Waals surface area contributed by atoms with Crippen molar-refractivity contribution >= 4 is 23.2 Å². The van der Waals surface area contributed by atoms with Crippen LogP contribution in [0.3, 0.4) is 0 Å². The van der Waals surface area contributed by atoms with Crippen LogP contribution in [0.1, 0.15) is 47.5 Å². The van der Waals surface area contributed by atoms with Gasteiger partial charge < -0.3 is 10.0 Å². The summed E-state index contributed by atoms with van der Waals surface area (Å²) >= 11 is 1.59. The Morgan fingerprint density at radius 2 is 1.92 bits per heavy atom. The van der Waals surface area contributed by atoms with Crippen molar-refractivity contribution in [2.75, 3.05) is 0 Å². The molecular weight excluding hydrogens is 348 g/mol. The molecular formula is C20H22N2O3S. The largest absolute Gasteiger partial charge is 0.480 e. The van der Waals surface area contributed by atoms with Crippen LogP contribution < -0.4 is 0 Å². The molecule has 6 heteroatoms. The summed E-state index contributed by atoms with van der Waals surface area (Å²) < 4.78 is 0. The number of carbonyl (C=O) groups is 2. The first-order valence-electron chi connectivity index (χ1n) is 9.12. The van der Waals surface area contributed by atoms with Crippen LogP contribution in [0.15, 0.2) is 29.6 Å². The third-order valence-electron chi connectivity index (χ3n) is 5.65. The molecule has 1 saturated carbocycles. The molecule has 1 aliphatic carbocycles. The summed E-state index contributed by atoms with van der Waals surface area (Å²) in [4.78, 5) is 31.0. The molecule has 1 aromatic carbocycles. The summed E-state index contributed by atoms with van der Waals surface area (Å²) in [6.07, 6.45) is 4.73. The number of fused-ring (bicyclic) bond motifs is 1. The number of rotatable bonds is 3. The quantitative estimate of drug-likeness (QED) is 0.887. The van der Waals surface area contributed by atoms with Crippen molar-refractivity contribution in [1.29, 1.82) is 0 Å². The van der Waals surface area contributed by atoms with Crippen LogP contribution in [0.4, 0.5) is 0 Å². The van der Waals surface area contributed by atoms with E-state index in [1.807, 2.05) is 24.4 Å². The lowest BCUT2D eigenvalue weighted by molar-refractivity contribution is -0.141. The zero-order valence-electron chi connectivity index (χ0n) is 14.7. The Bertz CT molecular complexity index is 830. The topological polar surface area (TPSA) is 70.5 Å². The molecule has 1 amide bonds. The number of carbonyl (C=O) groups excluding carboxylic acids is 1. The van der Waals surface area contributed by atoms with E-state index in [0.717, 1.165) is 41.9 Å². The number of carboxylic acid groups (broad SMARTS) is 1. The molecule has 26 heavy (non-hydrogen) atoms. The van der Waals surface area contributed by atoms with E-state index < -0.39 is 12.0 Å². The minimum atomic E-state index is -0.887. The fraction of sp³-hybridized carbons (Fsp3) is 0.450. The van der Waals surface area contributed by atoms with Gasteiger partial charge in [0.15, 0.2) is 0 Å². The second kappa shape index (κ2) is 6.83. The van der Waals surface area contributed by atoms with Crippen LogP contribution in [-0.2, 0) is 4.79 Å². The molecule has 1 N–H and O–H groups in total. The summed E-state index contributed by atoms with van der Waals surface area (Å²) in [5, 5.41) is 12.6. The number of nitrogens with zero attached hydrogens (tertiary/aromatic N) is 2. The standard InChI is InChI=1S/C20H22N2O3S/c1-12-21-16(11-26-12)13-6-8-14(9-7-13)19(23)22-17-5-3-2-4-15(17)10-18(22)20(24)25/h6-9,11,15,17-18H,2-5,10H2,1H3,(H,24,25). The first-order valence-corrected chi connectivity index (χ1v) is 10.0. The highest BCUT2D eigenvalue weighted by atomic mass is 32.1. The first-order chi connectivity index (χ1) is 12.5. The highest BCUT2D eigenvalue weighted by molar-refractivity contribution is 7.09. The van der Waals surface area contributed by atoms with Crippen LogP contribution in [-0.4, -0.2) is 39.0 Å². The van der Waals surface area contributed by atoms with Crippen molar-refractivity contribution in [1.82, 2.24) is 9.88 Å². The highest BCUT2D eigenvalue weighted by Crippen LogP contribution is 2.40. The van der Waals surface area contributed by atoms with E-state index in [4.69, 9.17) is 0 Å². The molecule has 2 aliphatic rings. The van der Waals surface area contributed by atoms with Crippen molar-refractivity contribution in [3.8, 4) is 11.3 Å². The molecule has 5 nitrogen and oxygen atoms in total. The Morgan fingerprint density at radius 3 is 2.58 bits per heavy atom. The van der Waals surface area contributed by atoms with Crippen LogP contribution in [0.25, 0.3) is 11.3 Å². The summed E-state index contributed by atoms with van der Waals surface area (Å²) in [5.74, 6) is -0.721. The molecule has 4 rings (SSSR count). The van der Waals surface area contributed by atoms with E-state index in [2.05, 4.69) is 4.98 Å². The van der Waals surface area contributed by atoms with Gasteiger partial charge in [-0.15, -0.1) is 11.3 Å². The van der Waals surface area contributed by atoms with Crippen LogP contribution in [0.2, 0.25) is 0 Å². The third-order valence-corrected chi connectivity index (χ3v) is 6.43. The van der Waals surface area contributed by atoms with Gasteiger partial charge in [-0.1, -0.05) is 25.0 Å². The molecule has 2 fully saturated rings. The zero-order chi connectivity index (χ0) is 18.3. The lowest BCUT2D eigenvalue weighted by atomic mass is 9.84. The Labute approximate surface area is 156 Å². The van der Waals surface area contributed by atoms with Gasteiger partial charge in [-0.3, -0.25) is 4.79 Å². The Balaban J connectivity index is 1.60. The van der Waals surface area contributed by atoms with Gasteiger partial charge in [0.05, 0.1) is 10.7 Å². The number of aliphatic carboxylic acids is 1. The van der Waals surface area contributed by atoms with Gasteiger partial charge in [-0.2, -0.15) is 0 Å². The van der Waals surface area contributed by atoms with E-state index in [-0.39, 0.29) is 11.9 Å². The maximum absolute atomic E-state index is 13.1. The van der Waals surface area contributed by atoms with Crippen molar-refractivity contribution in [2.24, 2.45) is 5.92 Å². The normalized spacial score (nSPS) is 25.1. The van der Waals surface area contributed by atoms with Crippen LogP contribution in [0.5, 0.6) is 0 Å². The lowest BCUT2D eigenvalue weighted by Gasteiger charge is -2.33. The molecule has 0 bridgehead atoms. The Morgan fingerprint density at radius 1 is 1.19 bits per heavy atom. The van der Waals surface area contributed by atoms with Crippen LogP contribution in [0, 0.1) is 12.8 Å². The van der Waals surface area contributed by atoms with Crippen molar-refractivity contribution in [3.63, 3.8) is 0 Å². The predicted molar refractivity (Wildman–Crippen MR) is 100 cm³/mol. The number of hydrogen-bond acceptors (Lipinski definition) is 4. The number of aromatic nitrogens is 1. The van der Waals surface area contributed by atoms with Gasteiger partial charge in [0, 0.05) is 22.5 Å². The molecule has 0 spiro atoms. The Hall–Kier alpha value is -2.21. The second-order valence-corrected chi connectivity index (χ2v) is 8.31. The van der Waals surface area contributed by atoms with Crippen molar-refractivity contribution in [3.05, 3.63) is 40.2 Å². The zero-order valence-corrected chi connectivity index (χ0v) is 15.5. The maximum atomic E-state index is 13.1. The average molecular weight is 370 g/mol. The summed E-state index contributed by atoms with van der Waals surface area (Å²) in [7, 11) is 0. The van der Waals surface area contributed by atoms with E-state index in [1.54, 1.807) is 28.4 Å². The molecule has 1 saturated heterocycles. The molecule has 1 aliphatic heterocycles. The van der Waals surface area contributed by atoms with Crippen molar-refractivity contribution < 1.29 is 14.7 Å². The summed E-state index contributed by atoms with van der Waals surface area (Å²) in [5.41, 5.74) is 2.43. The van der Waals surface area contributed by atoms with E-state index in [0.29, 0.717) is 17.9 Å². The summed E-state index contributed by atoms with van der Waals surface area (Å²) in [6.45, 7) is 1.96. The number of thiazole rings is 1. The van der Waals surface area contributed by atoms with Gasteiger partial charge in [0.1, 0.15) is 6.04 Å². The lowest BCUT2D eigenvalue weighted by Crippen LogP contribution is -2.46. The SMILES string of the molecule is Cc1nc(-c2ccc(C(=O)N3C(C(=O)O)CC4CCCCC43)cc2)cs1. The molecule has 136 valence electrons. The van der Waals surface area contributed by atoms with Gasteiger partial charge in [-0.25, -0.2) is 9.78 Å². The van der Waals surface area contributed by atoms with E-state index in [9.17, 15) is 14.7 Å². The fourth-order valence-corrected chi connectivity index (χ4v) is 5.02. The van der Waals surface area contributed by atoms with Crippen LogP contribution >= 0.6 is 11.3 Å². The maximum Gasteiger partial charge on any atom is 0.326 e. The number of carboxylic acids is 1. The van der Waals surface area contributed by atoms with E-state index in [1.165, 1.54) is 0 Å². The van der Waals surface area contributed by atoms with Gasteiger partial charge >= 0.3 is 5.97 Å². The molecule has 3 atom stereocenters. The van der Waals surface area contributed by atoms with Crippen molar-refractivity contribution in [2.45, 2.75) is 51.1 Å². The number of amides is 1. The molecule has 2 heterocycles. The number of aryl methyl sites for hydroxylation is 1. The molecule has 3 unspecified atom stereocenters. The summed E-state index contributed by atoms with van der Waals surface area (Å²) in [6, 6.07) is 6.75. The minimum absolute atomic E-state index is 0.0678. The molecule has 2 aromatic rings. The second-order valence-electron chi connectivity index (χ2n) is 7.24. The average Bonchev–Trinajstić information content (AvgIpc) is 3.25. The minimum Gasteiger partial charge on any atom is -0.480 e. The number of hydrogen-bond donors (Lipinski definition) is 1. The third kappa shape index (κ3) is 3.03. The Kier molecular flexibility index (Phi) is 4.53. The van der Waals surface area contributed by atoms with Gasteiger partial charge in [0.25, 0.3) is 5.91 Å². The molecule has 1 aromatic heterocycles. The predicted octanol–water partition coefficient (Wildman–Crippen LogP) is 3.98. The van der Waals surface area contributed by atoms with E-state index >= 15 is 0 Å². The number of benzene rings is 1. The monoisotopic (exact) mass is 370 g/mol. The van der Waals surface area contributed by atoms with Gasteiger partial charge in [-0.05, 0) is 44.2 Å². The number of likely N-dealkylation sites (tertiary alicyclic amines) is 1. The first kappa shape index (κ1) is 17.2. The van der Waals surface area contributed by atoms with Gasteiger partial charge in [0.2, 0.25) is 0 Å². The highest BCUT2D eigenvalue weighted by Gasteiger charge is 2.47.